The lowest BCUT2D eigenvalue weighted by Gasteiger charge is -2.31. The third-order valence-corrected chi connectivity index (χ3v) is 2.22. The normalized spacial score (nSPS) is 15.3. The van der Waals surface area contributed by atoms with Crippen LogP contribution in [0.5, 0.6) is 0 Å². The van der Waals surface area contributed by atoms with Crippen LogP contribution >= 0.6 is 0 Å². The van der Waals surface area contributed by atoms with Gasteiger partial charge in [-0.05, 0) is 5.41 Å². The molecule has 0 rings (SSSR count). The number of rotatable bonds is 3. The molecular weight excluding hydrogens is 198 g/mol. The summed E-state index contributed by atoms with van der Waals surface area (Å²) in [4.78, 5) is 22.8. The number of hydrogen-bond donors (Lipinski definition) is 1. The van der Waals surface area contributed by atoms with Crippen molar-refractivity contribution in [2.24, 2.45) is 17.1 Å². The summed E-state index contributed by atoms with van der Waals surface area (Å²) < 4.78 is 9.14. The second kappa shape index (κ2) is 5.11. The second-order valence-electron chi connectivity index (χ2n) is 4.42. The zero-order valence-corrected chi connectivity index (χ0v) is 9.87. The van der Waals surface area contributed by atoms with Crippen molar-refractivity contribution in [1.29, 1.82) is 0 Å². The van der Waals surface area contributed by atoms with Crippen molar-refractivity contribution in [3.8, 4) is 0 Å². The van der Waals surface area contributed by atoms with Crippen LogP contribution in [-0.2, 0) is 19.1 Å². The summed E-state index contributed by atoms with van der Waals surface area (Å²) in [5.41, 5.74) is 5.20. The maximum atomic E-state index is 11.5. The first-order valence-corrected chi connectivity index (χ1v) is 4.67. The lowest BCUT2D eigenvalue weighted by Crippen LogP contribution is -2.49. The third-order valence-electron chi connectivity index (χ3n) is 2.22. The van der Waals surface area contributed by atoms with Crippen LogP contribution in [0.2, 0.25) is 0 Å². The Bertz CT molecular complexity index is 244. The lowest BCUT2D eigenvalue weighted by molar-refractivity contribution is -0.157. The Morgan fingerprint density at radius 3 is 1.73 bits per heavy atom. The van der Waals surface area contributed by atoms with E-state index in [1.807, 2.05) is 20.8 Å². The molecule has 0 aromatic heterocycles. The zero-order valence-electron chi connectivity index (χ0n) is 9.87. The average Bonchev–Trinajstić information content (AvgIpc) is 2.14. The number of methoxy groups -OCH3 is 2. The van der Waals surface area contributed by atoms with E-state index in [9.17, 15) is 9.59 Å². The lowest BCUT2D eigenvalue weighted by atomic mass is 9.76. The van der Waals surface area contributed by atoms with E-state index in [-0.39, 0.29) is 0 Å². The second-order valence-corrected chi connectivity index (χ2v) is 4.42. The maximum Gasteiger partial charge on any atom is 0.323 e. The van der Waals surface area contributed by atoms with Crippen LogP contribution in [0.25, 0.3) is 0 Å². The minimum absolute atomic E-state index is 0.458. The fourth-order valence-electron chi connectivity index (χ4n) is 1.44. The van der Waals surface area contributed by atoms with Gasteiger partial charge in [0.2, 0.25) is 0 Å². The largest absolute Gasteiger partial charge is 0.469 e. The Labute approximate surface area is 89.9 Å². The molecule has 0 fully saturated rings. The van der Waals surface area contributed by atoms with Gasteiger partial charge in [0.1, 0.15) is 6.04 Å². The van der Waals surface area contributed by atoms with Gasteiger partial charge in [-0.3, -0.25) is 9.59 Å². The number of nitrogens with two attached hydrogens (primary N) is 1. The smallest absolute Gasteiger partial charge is 0.323 e. The van der Waals surface area contributed by atoms with Gasteiger partial charge < -0.3 is 15.2 Å². The molecule has 0 saturated carbocycles. The molecule has 0 aliphatic heterocycles. The number of carbonyl (C=O) groups excluding carboxylic acids is 2. The molecule has 0 amide bonds. The fourth-order valence-corrected chi connectivity index (χ4v) is 1.44. The molecule has 0 aliphatic rings. The van der Waals surface area contributed by atoms with Gasteiger partial charge in [-0.1, -0.05) is 20.8 Å². The van der Waals surface area contributed by atoms with Gasteiger partial charge in [0.15, 0.2) is 0 Å². The van der Waals surface area contributed by atoms with Crippen molar-refractivity contribution in [3.63, 3.8) is 0 Å². The predicted molar refractivity (Wildman–Crippen MR) is 55.0 cm³/mol. The molecule has 5 heteroatoms. The molecule has 0 spiro atoms. The van der Waals surface area contributed by atoms with Crippen molar-refractivity contribution in [2.45, 2.75) is 26.8 Å². The summed E-state index contributed by atoms with van der Waals surface area (Å²) in [7, 11) is 2.50. The van der Waals surface area contributed by atoms with E-state index in [4.69, 9.17) is 5.73 Å². The van der Waals surface area contributed by atoms with E-state index in [0.717, 1.165) is 0 Å². The highest BCUT2D eigenvalue weighted by Crippen LogP contribution is 2.29. The van der Waals surface area contributed by atoms with Gasteiger partial charge in [-0.15, -0.1) is 0 Å². The van der Waals surface area contributed by atoms with Crippen molar-refractivity contribution >= 4 is 11.9 Å². The number of ether oxygens (including phenoxy) is 2. The fraction of sp³-hybridized carbons (Fsp3) is 0.800. The van der Waals surface area contributed by atoms with E-state index >= 15 is 0 Å². The summed E-state index contributed by atoms with van der Waals surface area (Å²) in [6.45, 7) is 5.45. The van der Waals surface area contributed by atoms with Crippen LogP contribution in [0, 0.1) is 11.3 Å². The van der Waals surface area contributed by atoms with Crippen molar-refractivity contribution in [3.05, 3.63) is 0 Å². The Hall–Kier alpha value is -1.10. The van der Waals surface area contributed by atoms with Crippen LogP contribution in [-0.4, -0.2) is 32.2 Å². The van der Waals surface area contributed by atoms with Crippen molar-refractivity contribution in [2.75, 3.05) is 14.2 Å². The van der Waals surface area contributed by atoms with Crippen LogP contribution in [0.3, 0.4) is 0 Å². The first kappa shape index (κ1) is 13.9. The first-order chi connectivity index (χ1) is 6.75. The van der Waals surface area contributed by atoms with Gasteiger partial charge in [0.25, 0.3) is 0 Å². The van der Waals surface area contributed by atoms with Crippen molar-refractivity contribution < 1.29 is 19.1 Å². The standard InChI is InChI=1S/C10H19NO4/c1-10(2,3)6(8(12)14-4)7(11)9(13)15-5/h6-7H,11H2,1-5H3/t6?,7-/m1/s1. The minimum Gasteiger partial charge on any atom is -0.469 e. The van der Waals surface area contributed by atoms with Crippen LogP contribution in [0.15, 0.2) is 0 Å². The van der Waals surface area contributed by atoms with Crippen LogP contribution < -0.4 is 5.73 Å². The van der Waals surface area contributed by atoms with E-state index in [0.29, 0.717) is 0 Å². The van der Waals surface area contributed by atoms with Gasteiger partial charge in [-0.2, -0.15) is 0 Å². The summed E-state index contributed by atoms with van der Waals surface area (Å²) in [6, 6.07) is -0.998. The molecule has 0 aromatic carbocycles. The quantitative estimate of drug-likeness (QED) is 0.689. The molecule has 0 aliphatic carbocycles. The molecule has 1 unspecified atom stereocenters. The monoisotopic (exact) mass is 217 g/mol. The summed E-state index contributed by atoms with van der Waals surface area (Å²) in [5, 5.41) is 0. The molecule has 0 bridgehead atoms. The van der Waals surface area contributed by atoms with E-state index in [1.165, 1.54) is 14.2 Å². The molecule has 2 atom stereocenters. The highest BCUT2D eigenvalue weighted by Gasteiger charge is 2.41. The van der Waals surface area contributed by atoms with E-state index in [1.54, 1.807) is 0 Å². The summed E-state index contributed by atoms with van der Waals surface area (Å²) in [5.74, 6) is -1.82. The molecule has 0 aromatic rings. The Kier molecular flexibility index (Phi) is 4.74. The minimum atomic E-state index is -0.998. The van der Waals surface area contributed by atoms with E-state index in [2.05, 4.69) is 9.47 Å². The summed E-state index contributed by atoms with van der Waals surface area (Å²) in [6.07, 6.45) is 0. The Morgan fingerprint density at radius 2 is 1.47 bits per heavy atom. The predicted octanol–water partition coefficient (Wildman–Crippen LogP) is 0.322. The molecule has 88 valence electrons. The number of esters is 2. The number of hydrogen-bond acceptors (Lipinski definition) is 5. The Balaban J connectivity index is 4.95. The van der Waals surface area contributed by atoms with Crippen LogP contribution in [0.1, 0.15) is 20.8 Å². The van der Waals surface area contributed by atoms with Crippen molar-refractivity contribution in [1.82, 2.24) is 0 Å². The molecule has 0 radical (unpaired) electrons. The molecule has 5 nitrogen and oxygen atoms in total. The summed E-state index contributed by atoms with van der Waals surface area (Å²) >= 11 is 0. The molecule has 2 N–H and O–H groups in total. The third kappa shape index (κ3) is 3.51. The highest BCUT2D eigenvalue weighted by molar-refractivity contribution is 5.84. The van der Waals surface area contributed by atoms with Gasteiger partial charge in [-0.25, -0.2) is 0 Å². The zero-order chi connectivity index (χ0) is 12.2. The highest BCUT2D eigenvalue weighted by atomic mass is 16.5. The van der Waals surface area contributed by atoms with Gasteiger partial charge in [0.05, 0.1) is 20.1 Å². The topological polar surface area (TPSA) is 78.6 Å². The Morgan fingerprint density at radius 1 is 1.07 bits per heavy atom. The van der Waals surface area contributed by atoms with Crippen LogP contribution in [0.4, 0.5) is 0 Å². The van der Waals surface area contributed by atoms with Gasteiger partial charge in [0, 0.05) is 0 Å². The molecular formula is C10H19NO4. The number of carbonyl (C=O) groups is 2. The maximum absolute atomic E-state index is 11.5. The molecule has 0 saturated heterocycles. The SMILES string of the molecule is COC(=O)C([C@@H](N)C(=O)OC)C(C)(C)C. The average molecular weight is 217 g/mol. The molecule has 15 heavy (non-hydrogen) atoms. The molecule has 0 heterocycles. The van der Waals surface area contributed by atoms with Gasteiger partial charge >= 0.3 is 11.9 Å². The first-order valence-electron chi connectivity index (χ1n) is 4.67. The van der Waals surface area contributed by atoms with E-state index < -0.39 is 29.3 Å².